The van der Waals surface area contributed by atoms with E-state index >= 15 is 0 Å². The Balaban J connectivity index is 1.45. The minimum Gasteiger partial charge on any atom is -0.353 e. The number of benzene rings is 1. The maximum atomic E-state index is 13.1. The number of hydrogen-bond donors (Lipinski definition) is 2. The molecule has 0 saturated carbocycles. The summed E-state index contributed by atoms with van der Waals surface area (Å²) in [7, 11) is 0. The minimum absolute atomic E-state index is 0.0320. The van der Waals surface area contributed by atoms with Gasteiger partial charge in [-0.3, -0.25) is 14.9 Å². The van der Waals surface area contributed by atoms with Gasteiger partial charge in [0.2, 0.25) is 0 Å². The highest BCUT2D eigenvalue weighted by atomic mass is 16.2. The predicted molar refractivity (Wildman–Crippen MR) is 126 cm³/mol. The van der Waals surface area contributed by atoms with Gasteiger partial charge in [0.25, 0.3) is 11.8 Å². The van der Waals surface area contributed by atoms with Crippen LogP contribution in [0.1, 0.15) is 52.5 Å². The number of nitrogens with zero attached hydrogens (tertiary/aromatic N) is 3. The van der Waals surface area contributed by atoms with Crippen molar-refractivity contribution in [3.8, 4) is 0 Å². The molecule has 8 heteroatoms. The van der Waals surface area contributed by atoms with Gasteiger partial charge in [0, 0.05) is 37.4 Å². The molecule has 3 heterocycles. The van der Waals surface area contributed by atoms with Crippen molar-refractivity contribution in [3.63, 3.8) is 0 Å². The maximum Gasteiger partial charge on any atom is 0.322 e. The molecular weight excluding hydrogens is 418 g/mol. The van der Waals surface area contributed by atoms with E-state index in [1.54, 1.807) is 24.3 Å². The molecule has 8 nitrogen and oxygen atoms in total. The monoisotopic (exact) mass is 449 g/mol. The van der Waals surface area contributed by atoms with Gasteiger partial charge >= 0.3 is 6.03 Å². The fourth-order valence-electron chi connectivity index (χ4n) is 4.74. The van der Waals surface area contributed by atoms with Crippen molar-refractivity contribution in [2.45, 2.75) is 46.1 Å². The Kier molecular flexibility index (Phi) is 6.10. The summed E-state index contributed by atoms with van der Waals surface area (Å²) in [5.41, 5.74) is 3.55. The van der Waals surface area contributed by atoms with Gasteiger partial charge in [0.1, 0.15) is 11.4 Å². The number of anilines is 1. The van der Waals surface area contributed by atoms with Gasteiger partial charge in [-0.25, -0.2) is 9.78 Å². The second kappa shape index (κ2) is 8.84. The third-order valence-corrected chi connectivity index (χ3v) is 6.69. The molecule has 2 aliphatic heterocycles. The van der Waals surface area contributed by atoms with Crippen LogP contribution in [0.5, 0.6) is 0 Å². The quantitative estimate of drug-likeness (QED) is 0.685. The van der Waals surface area contributed by atoms with Crippen LogP contribution in [0, 0.1) is 20.8 Å². The number of imide groups is 1. The number of rotatable bonds is 5. The molecular formula is C25H31N5O3. The highest BCUT2D eigenvalue weighted by Crippen LogP contribution is 2.30. The fourth-order valence-corrected chi connectivity index (χ4v) is 4.74. The molecule has 2 aromatic rings. The maximum absolute atomic E-state index is 13.1. The Morgan fingerprint density at radius 1 is 1.03 bits per heavy atom. The number of nitrogens with one attached hydrogen (secondary N) is 2. The van der Waals surface area contributed by atoms with Crippen molar-refractivity contribution < 1.29 is 14.4 Å². The van der Waals surface area contributed by atoms with E-state index < -0.39 is 11.6 Å². The third kappa shape index (κ3) is 4.17. The van der Waals surface area contributed by atoms with Gasteiger partial charge in [-0.2, -0.15) is 0 Å². The lowest BCUT2D eigenvalue weighted by molar-refractivity contribution is -0.124. The van der Waals surface area contributed by atoms with E-state index in [1.807, 2.05) is 18.7 Å². The third-order valence-electron chi connectivity index (χ3n) is 6.69. The Morgan fingerprint density at radius 2 is 1.70 bits per heavy atom. The average Bonchev–Trinajstić information content (AvgIpc) is 3.10. The number of aryl methyl sites for hydroxylation is 3. The first-order valence-corrected chi connectivity index (χ1v) is 11.5. The molecule has 2 saturated heterocycles. The van der Waals surface area contributed by atoms with E-state index in [9.17, 15) is 14.4 Å². The normalized spacial score (nSPS) is 20.6. The van der Waals surface area contributed by atoms with E-state index in [-0.39, 0.29) is 11.8 Å². The second-order valence-corrected chi connectivity index (χ2v) is 8.95. The van der Waals surface area contributed by atoms with E-state index in [0.717, 1.165) is 36.6 Å². The molecule has 2 fully saturated rings. The summed E-state index contributed by atoms with van der Waals surface area (Å²) in [5.74, 6) is 0.614. The molecule has 0 bridgehead atoms. The van der Waals surface area contributed by atoms with Crippen molar-refractivity contribution in [2.24, 2.45) is 0 Å². The molecule has 33 heavy (non-hydrogen) atoms. The van der Waals surface area contributed by atoms with Gasteiger partial charge in [0.05, 0.1) is 0 Å². The number of carbonyl (C=O) groups is 3. The molecule has 0 spiro atoms. The largest absolute Gasteiger partial charge is 0.353 e. The van der Waals surface area contributed by atoms with Gasteiger partial charge in [-0.1, -0.05) is 31.5 Å². The van der Waals surface area contributed by atoms with Crippen LogP contribution in [0.25, 0.3) is 0 Å². The molecule has 4 rings (SSSR count). The Hall–Kier alpha value is -3.42. The van der Waals surface area contributed by atoms with Gasteiger partial charge < -0.3 is 15.1 Å². The SMILES string of the molecule is CCC[C@@]1(c2ccc(C(=O)N3CCN(c4nc(C)c(C)cc4C)CC3)cc2)NC(=O)NC1=O. The Morgan fingerprint density at radius 3 is 2.27 bits per heavy atom. The minimum atomic E-state index is -1.07. The van der Waals surface area contributed by atoms with Crippen molar-refractivity contribution in [1.82, 2.24) is 20.5 Å². The molecule has 1 atom stereocenters. The lowest BCUT2D eigenvalue weighted by Gasteiger charge is -2.36. The van der Waals surface area contributed by atoms with Crippen LogP contribution in [0.3, 0.4) is 0 Å². The Labute approximate surface area is 194 Å². The molecule has 0 unspecified atom stereocenters. The Bertz CT molecular complexity index is 1090. The van der Waals surface area contributed by atoms with E-state index in [2.05, 4.69) is 35.4 Å². The van der Waals surface area contributed by atoms with Crippen LogP contribution in [0.2, 0.25) is 0 Å². The first-order chi connectivity index (χ1) is 15.7. The second-order valence-electron chi connectivity index (χ2n) is 8.95. The average molecular weight is 450 g/mol. The lowest BCUT2D eigenvalue weighted by atomic mass is 9.85. The van der Waals surface area contributed by atoms with Gasteiger partial charge in [0.15, 0.2) is 0 Å². The molecule has 0 radical (unpaired) electrons. The zero-order chi connectivity index (χ0) is 23.8. The summed E-state index contributed by atoms with van der Waals surface area (Å²) in [6.07, 6.45) is 1.22. The molecule has 1 aromatic heterocycles. The summed E-state index contributed by atoms with van der Waals surface area (Å²) in [4.78, 5) is 46.2. The molecule has 2 aliphatic rings. The summed E-state index contributed by atoms with van der Waals surface area (Å²) < 4.78 is 0. The molecule has 1 aromatic carbocycles. The molecule has 174 valence electrons. The highest BCUT2D eigenvalue weighted by molar-refractivity contribution is 6.07. The van der Waals surface area contributed by atoms with E-state index in [4.69, 9.17) is 4.98 Å². The number of piperazine rings is 1. The zero-order valence-corrected chi connectivity index (χ0v) is 19.7. The highest BCUT2D eigenvalue weighted by Gasteiger charge is 2.46. The number of pyridine rings is 1. The van der Waals surface area contributed by atoms with Crippen LogP contribution in [0.15, 0.2) is 30.3 Å². The van der Waals surface area contributed by atoms with Crippen molar-refractivity contribution >= 4 is 23.7 Å². The number of urea groups is 1. The fraction of sp³-hybridized carbons (Fsp3) is 0.440. The molecule has 4 amide bonds. The van der Waals surface area contributed by atoms with Crippen LogP contribution >= 0.6 is 0 Å². The van der Waals surface area contributed by atoms with Crippen molar-refractivity contribution in [3.05, 3.63) is 58.3 Å². The first-order valence-electron chi connectivity index (χ1n) is 11.5. The molecule has 2 N–H and O–H groups in total. The van der Waals surface area contributed by atoms with Crippen molar-refractivity contribution in [1.29, 1.82) is 0 Å². The summed E-state index contributed by atoms with van der Waals surface area (Å²) in [6.45, 7) is 10.8. The van der Waals surface area contributed by atoms with E-state index in [0.29, 0.717) is 30.6 Å². The number of amides is 4. The van der Waals surface area contributed by atoms with Crippen LogP contribution in [-0.2, 0) is 10.3 Å². The van der Waals surface area contributed by atoms with Crippen LogP contribution in [0.4, 0.5) is 10.6 Å². The predicted octanol–water partition coefficient (Wildman–Crippen LogP) is 2.80. The topological polar surface area (TPSA) is 94.6 Å². The first kappa shape index (κ1) is 22.8. The summed E-state index contributed by atoms with van der Waals surface area (Å²) >= 11 is 0. The van der Waals surface area contributed by atoms with E-state index in [1.165, 1.54) is 5.56 Å². The van der Waals surface area contributed by atoms with Crippen LogP contribution in [-0.4, -0.2) is 53.9 Å². The lowest BCUT2D eigenvalue weighted by Crippen LogP contribution is -2.49. The molecule has 0 aliphatic carbocycles. The van der Waals surface area contributed by atoms with Gasteiger partial charge in [-0.15, -0.1) is 0 Å². The number of hydrogen-bond acceptors (Lipinski definition) is 5. The zero-order valence-electron chi connectivity index (χ0n) is 19.7. The van der Waals surface area contributed by atoms with Crippen LogP contribution < -0.4 is 15.5 Å². The number of carbonyl (C=O) groups excluding carboxylic acids is 3. The standard InChI is InChI=1S/C25H31N5O3/c1-5-10-25(23(32)27-24(33)28-25)20-8-6-19(7-9-20)22(31)30-13-11-29(12-14-30)21-17(3)15-16(2)18(4)26-21/h6-9,15H,5,10-14H2,1-4H3,(H2,27,28,32,33)/t25-/m0/s1. The van der Waals surface area contributed by atoms with Crippen molar-refractivity contribution in [2.75, 3.05) is 31.1 Å². The smallest absolute Gasteiger partial charge is 0.322 e. The van der Waals surface area contributed by atoms with Gasteiger partial charge in [-0.05, 0) is 56.0 Å². The number of aromatic nitrogens is 1. The summed E-state index contributed by atoms with van der Waals surface area (Å²) in [5, 5.41) is 5.11. The summed E-state index contributed by atoms with van der Waals surface area (Å²) in [6, 6.07) is 8.71.